The van der Waals surface area contributed by atoms with E-state index in [1.165, 1.54) is 6.42 Å². The van der Waals surface area contributed by atoms with E-state index in [1.54, 1.807) is 0 Å². The van der Waals surface area contributed by atoms with Gasteiger partial charge in [-0.3, -0.25) is 4.99 Å². The van der Waals surface area contributed by atoms with E-state index in [9.17, 15) is 0 Å². The lowest BCUT2D eigenvalue weighted by Crippen LogP contribution is -2.25. The maximum Gasteiger partial charge on any atom is 0.0518 e. The highest BCUT2D eigenvalue weighted by atomic mass is 31.0. The molecule has 0 spiro atoms. The van der Waals surface area contributed by atoms with Gasteiger partial charge in [-0.05, 0) is 45.6 Å². The van der Waals surface area contributed by atoms with Gasteiger partial charge in [0.05, 0.1) is 6.54 Å². The molecule has 0 saturated carbocycles. The molecule has 118 valence electrons. The third-order valence-corrected chi connectivity index (χ3v) is 3.53. The van der Waals surface area contributed by atoms with Gasteiger partial charge in [0.2, 0.25) is 0 Å². The number of hydrogen-bond donors (Lipinski definition) is 2. The molecule has 5 heteroatoms. The molecule has 0 rings (SSSR count). The Morgan fingerprint density at radius 2 is 2.05 bits per heavy atom. The second kappa shape index (κ2) is 15.1. The van der Waals surface area contributed by atoms with Crippen LogP contribution in [0.2, 0.25) is 0 Å². The fraction of sp³-hybridized carbons (Fsp3) is 0.800. The van der Waals surface area contributed by atoms with Crippen LogP contribution in [0.1, 0.15) is 26.7 Å². The normalized spacial score (nSPS) is 12.8. The van der Waals surface area contributed by atoms with Crippen LogP contribution in [0.4, 0.5) is 0 Å². The lowest BCUT2D eigenvalue weighted by molar-refractivity contribution is 0.380. The van der Waals surface area contributed by atoms with Gasteiger partial charge in [-0.25, -0.2) is 0 Å². The number of rotatable bonds is 13. The first-order valence-corrected chi connectivity index (χ1v) is 8.56. The fourth-order valence-corrected chi connectivity index (χ4v) is 1.83. The number of nitrogens with one attached hydrogen (secondary N) is 2. The van der Waals surface area contributed by atoms with Crippen LogP contribution < -0.4 is 10.6 Å². The van der Waals surface area contributed by atoms with E-state index in [4.69, 9.17) is 0 Å². The summed E-state index contributed by atoms with van der Waals surface area (Å²) in [7, 11) is 4.89. The van der Waals surface area contributed by atoms with Crippen molar-refractivity contribution >= 4 is 15.0 Å². The highest BCUT2D eigenvalue weighted by molar-refractivity contribution is 7.16. The summed E-state index contributed by atoms with van der Waals surface area (Å²) in [5.41, 5.74) is 1.15. The molecule has 0 bridgehead atoms. The van der Waals surface area contributed by atoms with E-state index in [2.05, 4.69) is 62.8 Å². The Kier molecular flexibility index (Phi) is 14.9. The zero-order chi connectivity index (χ0) is 15.1. The predicted octanol–water partition coefficient (Wildman–Crippen LogP) is 1.75. The summed E-state index contributed by atoms with van der Waals surface area (Å²) >= 11 is 0. The minimum Gasteiger partial charge on any atom is -0.315 e. The van der Waals surface area contributed by atoms with Crippen molar-refractivity contribution in [2.45, 2.75) is 26.7 Å². The average Bonchev–Trinajstić information content (AvgIpc) is 2.47. The zero-order valence-electron chi connectivity index (χ0n) is 13.5. The van der Waals surface area contributed by atoms with Crippen molar-refractivity contribution in [3.8, 4) is 0 Å². The number of nitrogens with zero attached hydrogens (tertiary/aromatic N) is 2. The summed E-state index contributed by atoms with van der Waals surface area (Å²) < 4.78 is 0. The Labute approximate surface area is 127 Å². The lowest BCUT2D eigenvalue weighted by atomic mass is 10.3. The minimum atomic E-state index is 0.855. The Balaban J connectivity index is 3.73. The van der Waals surface area contributed by atoms with Gasteiger partial charge in [-0.1, -0.05) is 19.9 Å². The molecule has 1 unspecified atom stereocenters. The van der Waals surface area contributed by atoms with Crippen LogP contribution in [-0.2, 0) is 0 Å². The molecule has 1 atom stereocenters. The third-order valence-electron chi connectivity index (χ3n) is 2.91. The second-order valence-electron chi connectivity index (χ2n) is 4.83. The summed E-state index contributed by atoms with van der Waals surface area (Å²) in [6.45, 7) is 10.1. The molecule has 0 heterocycles. The second-order valence-corrected chi connectivity index (χ2v) is 5.19. The Morgan fingerprint density at radius 3 is 2.70 bits per heavy atom. The van der Waals surface area contributed by atoms with Gasteiger partial charge in [0.15, 0.2) is 0 Å². The van der Waals surface area contributed by atoms with Crippen molar-refractivity contribution in [2.24, 2.45) is 4.99 Å². The quantitative estimate of drug-likeness (QED) is 0.309. The van der Waals surface area contributed by atoms with Crippen LogP contribution in [0.3, 0.4) is 0 Å². The zero-order valence-corrected chi connectivity index (χ0v) is 14.6. The van der Waals surface area contributed by atoms with Gasteiger partial charge in [0, 0.05) is 25.1 Å². The number of allylic oxidation sites excluding steroid dienone is 1. The fourth-order valence-electron chi connectivity index (χ4n) is 1.64. The third kappa shape index (κ3) is 12.7. The summed E-state index contributed by atoms with van der Waals surface area (Å²) in [6.07, 6.45) is 7.60. The summed E-state index contributed by atoms with van der Waals surface area (Å²) in [5.74, 6) is 0. The van der Waals surface area contributed by atoms with Crippen LogP contribution in [0.25, 0.3) is 0 Å². The maximum absolute atomic E-state index is 4.64. The van der Waals surface area contributed by atoms with Crippen molar-refractivity contribution < 1.29 is 0 Å². The SMILES string of the molecule is CC/C=C\C(CNCC)=NCCNCCCN(C)CP. The van der Waals surface area contributed by atoms with E-state index < -0.39 is 0 Å². The van der Waals surface area contributed by atoms with E-state index in [0.29, 0.717) is 0 Å². The van der Waals surface area contributed by atoms with E-state index >= 15 is 0 Å². The molecule has 0 radical (unpaired) electrons. The largest absolute Gasteiger partial charge is 0.315 e. The number of aliphatic imine (C=N–C) groups is 1. The van der Waals surface area contributed by atoms with Crippen molar-refractivity contribution in [2.75, 3.05) is 52.6 Å². The lowest BCUT2D eigenvalue weighted by Gasteiger charge is -2.13. The molecule has 0 aliphatic carbocycles. The summed E-state index contributed by atoms with van der Waals surface area (Å²) in [4.78, 5) is 6.94. The van der Waals surface area contributed by atoms with E-state index in [1.807, 2.05) is 0 Å². The predicted molar refractivity (Wildman–Crippen MR) is 95.0 cm³/mol. The Morgan fingerprint density at radius 1 is 1.25 bits per heavy atom. The molecule has 0 saturated heterocycles. The topological polar surface area (TPSA) is 39.7 Å². The molecule has 4 nitrogen and oxygen atoms in total. The Hall–Kier alpha value is -0.280. The highest BCUT2D eigenvalue weighted by Crippen LogP contribution is 1.90. The molecule has 0 aromatic carbocycles. The van der Waals surface area contributed by atoms with Gasteiger partial charge in [0.25, 0.3) is 0 Å². The first-order chi connectivity index (χ1) is 9.74. The molecule has 0 aliphatic heterocycles. The molecule has 0 fully saturated rings. The average molecular weight is 300 g/mol. The number of hydrogen-bond acceptors (Lipinski definition) is 4. The van der Waals surface area contributed by atoms with Gasteiger partial charge >= 0.3 is 0 Å². The van der Waals surface area contributed by atoms with E-state index in [-0.39, 0.29) is 0 Å². The monoisotopic (exact) mass is 300 g/mol. The molecule has 0 aliphatic rings. The molecule has 20 heavy (non-hydrogen) atoms. The van der Waals surface area contributed by atoms with Gasteiger partial charge < -0.3 is 15.5 Å². The Bertz CT molecular complexity index is 267. The van der Waals surface area contributed by atoms with Gasteiger partial charge in [0.1, 0.15) is 0 Å². The van der Waals surface area contributed by atoms with Crippen molar-refractivity contribution in [1.29, 1.82) is 0 Å². The van der Waals surface area contributed by atoms with Crippen LogP contribution in [0.5, 0.6) is 0 Å². The van der Waals surface area contributed by atoms with Crippen molar-refractivity contribution in [3.63, 3.8) is 0 Å². The smallest absolute Gasteiger partial charge is 0.0518 e. The molecule has 2 N–H and O–H groups in total. The van der Waals surface area contributed by atoms with Crippen LogP contribution in [-0.4, -0.2) is 63.2 Å². The first kappa shape index (κ1) is 19.7. The summed E-state index contributed by atoms with van der Waals surface area (Å²) in [5, 5.41) is 6.77. The molecule has 0 aromatic rings. The van der Waals surface area contributed by atoms with Crippen LogP contribution >= 0.6 is 9.24 Å². The van der Waals surface area contributed by atoms with Crippen molar-refractivity contribution in [3.05, 3.63) is 12.2 Å². The molecule has 0 amide bonds. The van der Waals surface area contributed by atoms with Gasteiger partial charge in [-0.15, -0.1) is 9.24 Å². The highest BCUT2D eigenvalue weighted by Gasteiger charge is 1.95. The van der Waals surface area contributed by atoms with Crippen LogP contribution in [0, 0.1) is 0 Å². The van der Waals surface area contributed by atoms with Crippen molar-refractivity contribution in [1.82, 2.24) is 15.5 Å². The standard InChI is InChI=1S/C15H33N4P/c1-4-6-8-15(13-16-5-2)18-11-10-17-9-7-12-19(3)14-20/h6,8,16-17H,4-5,7,9-14,20H2,1-3H3/b8-6-,18-15?. The van der Waals surface area contributed by atoms with Crippen LogP contribution in [0.15, 0.2) is 17.1 Å². The first-order valence-electron chi connectivity index (χ1n) is 7.74. The molecular weight excluding hydrogens is 267 g/mol. The molecule has 0 aromatic heterocycles. The maximum atomic E-state index is 4.64. The minimum absolute atomic E-state index is 0.855. The summed E-state index contributed by atoms with van der Waals surface area (Å²) in [6, 6.07) is 0. The van der Waals surface area contributed by atoms with Gasteiger partial charge in [-0.2, -0.15) is 0 Å². The molecular formula is C15H33N4P. The van der Waals surface area contributed by atoms with E-state index in [0.717, 1.165) is 57.7 Å².